The molecule has 2 aromatic rings. The highest BCUT2D eigenvalue weighted by atomic mass is 15.2. The number of likely N-dealkylation sites (tertiary alicyclic amines) is 1. The molecule has 2 aromatic heterocycles. The van der Waals surface area contributed by atoms with Crippen LogP contribution in [0.4, 0.5) is 5.82 Å². The van der Waals surface area contributed by atoms with Crippen molar-refractivity contribution in [3.63, 3.8) is 0 Å². The maximum atomic E-state index is 4.62. The van der Waals surface area contributed by atoms with E-state index in [2.05, 4.69) is 32.1 Å². The lowest BCUT2D eigenvalue weighted by Gasteiger charge is -2.20. The predicted molar refractivity (Wildman–Crippen MR) is 87.2 cm³/mol. The first-order chi connectivity index (χ1) is 10.7. The van der Waals surface area contributed by atoms with Gasteiger partial charge in [0.25, 0.3) is 0 Å². The summed E-state index contributed by atoms with van der Waals surface area (Å²) in [7, 11) is 0. The maximum absolute atomic E-state index is 4.62. The Balaban J connectivity index is 1.57. The van der Waals surface area contributed by atoms with Crippen LogP contribution >= 0.6 is 0 Å². The molecule has 0 spiro atoms. The maximum Gasteiger partial charge on any atom is 0.159 e. The lowest BCUT2D eigenvalue weighted by molar-refractivity contribution is 0.294. The molecule has 1 fully saturated rings. The molecule has 6 heteroatoms. The van der Waals surface area contributed by atoms with Crippen LogP contribution in [0.2, 0.25) is 0 Å². The number of anilines is 1. The molecular formula is C16H24N6. The Labute approximate surface area is 131 Å². The molecule has 1 aliphatic heterocycles. The van der Waals surface area contributed by atoms with E-state index in [1.165, 1.54) is 25.9 Å². The van der Waals surface area contributed by atoms with Crippen LogP contribution in [0.5, 0.6) is 0 Å². The zero-order chi connectivity index (χ0) is 15.4. The Morgan fingerprint density at radius 1 is 1.27 bits per heavy atom. The van der Waals surface area contributed by atoms with E-state index in [0.29, 0.717) is 5.92 Å². The fourth-order valence-corrected chi connectivity index (χ4v) is 2.93. The van der Waals surface area contributed by atoms with E-state index in [4.69, 9.17) is 0 Å². The van der Waals surface area contributed by atoms with Crippen molar-refractivity contribution in [3.05, 3.63) is 30.6 Å². The van der Waals surface area contributed by atoms with E-state index in [-0.39, 0.29) is 0 Å². The fourth-order valence-electron chi connectivity index (χ4n) is 2.93. The van der Waals surface area contributed by atoms with Gasteiger partial charge in [0, 0.05) is 25.5 Å². The smallest absolute Gasteiger partial charge is 0.159 e. The van der Waals surface area contributed by atoms with Crippen LogP contribution in [0, 0.1) is 12.8 Å². The van der Waals surface area contributed by atoms with E-state index in [1.807, 2.05) is 17.7 Å². The van der Waals surface area contributed by atoms with Crippen molar-refractivity contribution in [1.29, 1.82) is 0 Å². The summed E-state index contributed by atoms with van der Waals surface area (Å²) in [6.07, 6.45) is 9.90. The molecule has 1 saturated heterocycles. The first-order valence-electron chi connectivity index (χ1n) is 8.01. The van der Waals surface area contributed by atoms with E-state index in [1.54, 1.807) is 18.6 Å². The van der Waals surface area contributed by atoms with Gasteiger partial charge in [-0.15, -0.1) is 0 Å². The highest BCUT2D eigenvalue weighted by Crippen LogP contribution is 2.12. The van der Waals surface area contributed by atoms with Crippen LogP contribution in [0.25, 0.3) is 5.82 Å². The molecule has 22 heavy (non-hydrogen) atoms. The van der Waals surface area contributed by atoms with Crippen molar-refractivity contribution < 1.29 is 0 Å². The van der Waals surface area contributed by atoms with Crippen molar-refractivity contribution >= 4 is 5.82 Å². The summed E-state index contributed by atoms with van der Waals surface area (Å²) in [6.45, 7) is 8.81. The Kier molecular flexibility index (Phi) is 4.68. The minimum absolute atomic E-state index is 0.596. The minimum atomic E-state index is 0.596. The van der Waals surface area contributed by atoms with Crippen LogP contribution in [-0.2, 0) is 0 Å². The van der Waals surface area contributed by atoms with Crippen LogP contribution in [0.3, 0.4) is 0 Å². The fraction of sp³-hybridized carbons (Fsp3) is 0.562. The zero-order valence-electron chi connectivity index (χ0n) is 13.4. The van der Waals surface area contributed by atoms with E-state index >= 15 is 0 Å². The van der Waals surface area contributed by atoms with Crippen LogP contribution in [0.1, 0.15) is 25.6 Å². The van der Waals surface area contributed by atoms with Crippen molar-refractivity contribution in [2.24, 2.45) is 5.92 Å². The molecule has 1 N–H and O–H groups in total. The average molecular weight is 300 g/mol. The number of imidazole rings is 1. The molecule has 118 valence electrons. The van der Waals surface area contributed by atoms with Crippen molar-refractivity contribution in [1.82, 2.24) is 24.4 Å². The van der Waals surface area contributed by atoms with Gasteiger partial charge in [0.2, 0.25) is 0 Å². The van der Waals surface area contributed by atoms with Gasteiger partial charge in [-0.1, -0.05) is 6.92 Å². The summed E-state index contributed by atoms with van der Waals surface area (Å²) in [6, 6.07) is 0. The highest BCUT2D eigenvalue weighted by Gasteiger charge is 2.14. The molecular weight excluding hydrogens is 276 g/mol. The first-order valence-corrected chi connectivity index (χ1v) is 8.01. The normalized spacial score (nSPS) is 16.8. The third kappa shape index (κ3) is 3.62. The Bertz CT molecular complexity index is 602. The van der Waals surface area contributed by atoms with Gasteiger partial charge in [0.05, 0.1) is 12.4 Å². The standard InChI is InChI=1S/C16H24N6/c1-13(12-21-6-3-4-7-21)9-19-15-10-17-11-16(20-15)22-8-5-18-14(22)2/h5,8,10-11,13H,3-4,6-7,9,12H2,1-2H3,(H,19,20)/t13-/m1/s1. The summed E-state index contributed by atoms with van der Waals surface area (Å²) in [5, 5.41) is 3.41. The topological polar surface area (TPSA) is 58.9 Å². The molecule has 3 rings (SSSR count). The number of rotatable bonds is 6. The van der Waals surface area contributed by atoms with E-state index in [9.17, 15) is 0 Å². The van der Waals surface area contributed by atoms with Gasteiger partial charge >= 0.3 is 0 Å². The second kappa shape index (κ2) is 6.87. The second-order valence-electron chi connectivity index (χ2n) is 6.10. The zero-order valence-corrected chi connectivity index (χ0v) is 13.4. The lowest BCUT2D eigenvalue weighted by Crippen LogP contribution is -2.29. The first kappa shape index (κ1) is 15.0. The van der Waals surface area contributed by atoms with Gasteiger partial charge in [-0.05, 0) is 38.8 Å². The quantitative estimate of drug-likeness (QED) is 0.885. The Morgan fingerprint density at radius 3 is 2.82 bits per heavy atom. The number of nitrogens with zero attached hydrogens (tertiary/aromatic N) is 5. The molecule has 3 heterocycles. The second-order valence-corrected chi connectivity index (χ2v) is 6.10. The molecule has 6 nitrogen and oxygen atoms in total. The summed E-state index contributed by atoms with van der Waals surface area (Å²) < 4.78 is 1.94. The minimum Gasteiger partial charge on any atom is -0.368 e. The number of hydrogen-bond donors (Lipinski definition) is 1. The lowest BCUT2D eigenvalue weighted by atomic mass is 10.1. The molecule has 0 radical (unpaired) electrons. The number of hydrogen-bond acceptors (Lipinski definition) is 5. The van der Waals surface area contributed by atoms with Gasteiger partial charge in [0.15, 0.2) is 5.82 Å². The largest absolute Gasteiger partial charge is 0.368 e. The van der Waals surface area contributed by atoms with Crippen molar-refractivity contribution in [3.8, 4) is 5.82 Å². The monoisotopic (exact) mass is 300 g/mol. The SMILES string of the molecule is Cc1nccn1-c1cncc(NC[C@@H](C)CN2CCCC2)n1. The van der Waals surface area contributed by atoms with Crippen LogP contribution < -0.4 is 5.32 Å². The summed E-state index contributed by atoms with van der Waals surface area (Å²) in [5.41, 5.74) is 0. The molecule has 0 aromatic carbocycles. The molecule has 0 bridgehead atoms. The van der Waals surface area contributed by atoms with Gasteiger partial charge in [-0.3, -0.25) is 9.55 Å². The molecule has 0 unspecified atom stereocenters. The third-order valence-corrected chi connectivity index (χ3v) is 4.09. The summed E-state index contributed by atoms with van der Waals surface area (Å²) in [4.78, 5) is 15.7. The third-order valence-electron chi connectivity index (χ3n) is 4.09. The number of aryl methyl sites for hydroxylation is 1. The van der Waals surface area contributed by atoms with Crippen LogP contribution in [-0.4, -0.2) is 50.6 Å². The number of nitrogens with one attached hydrogen (secondary N) is 1. The van der Waals surface area contributed by atoms with Gasteiger partial charge < -0.3 is 10.2 Å². The van der Waals surface area contributed by atoms with Crippen molar-refractivity contribution in [2.75, 3.05) is 31.5 Å². The molecule has 0 aliphatic carbocycles. The van der Waals surface area contributed by atoms with Crippen molar-refractivity contribution in [2.45, 2.75) is 26.7 Å². The van der Waals surface area contributed by atoms with Gasteiger partial charge in [0.1, 0.15) is 11.6 Å². The molecule has 0 amide bonds. The predicted octanol–water partition coefficient (Wildman–Crippen LogP) is 2.11. The van der Waals surface area contributed by atoms with E-state index < -0.39 is 0 Å². The molecule has 0 saturated carbocycles. The molecule has 1 atom stereocenters. The van der Waals surface area contributed by atoms with Crippen LogP contribution in [0.15, 0.2) is 24.8 Å². The van der Waals surface area contributed by atoms with Gasteiger partial charge in [-0.2, -0.15) is 0 Å². The highest BCUT2D eigenvalue weighted by molar-refractivity contribution is 5.36. The Morgan fingerprint density at radius 2 is 2.09 bits per heavy atom. The summed E-state index contributed by atoms with van der Waals surface area (Å²) >= 11 is 0. The molecule has 1 aliphatic rings. The van der Waals surface area contributed by atoms with Gasteiger partial charge in [-0.25, -0.2) is 9.97 Å². The summed E-state index contributed by atoms with van der Waals surface area (Å²) in [5.74, 6) is 3.12. The average Bonchev–Trinajstić information content (AvgIpc) is 3.17. The number of aromatic nitrogens is 4. The van der Waals surface area contributed by atoms with E-state index in [0.717, 1.165) is 30.5 Å². The Hall–Kier alpha value is -1.95.